The van der Waals surface area contributed by atoms with Crippen LogP contribution in [0.4, 0.5) is 5.69 Å². The van der Waals surface area contributed by atoms with Gasteiger partial charge in [0.25, 0.3) is 0 Å². The quantitative estimate of drug-likeness (QED) is 0.750. The number of aryl methyl sites for hydroxylation is 1. The Hall–Kier alpha value is -1.59. The first-order valence-corrected chi connectivity index (χ1v) is 8.48. The van der Waals surface area contributed by atoms with Crippen LogP contribution in [0.1, 0.15) is 25.8 Å². The van der Waals surface area contributed by atoms with E-state index in [0.29, 0.717) is 25.3 Å². The number of amides is 1. The van der Waals surface area contributed by atoms with Crippen molar-refractivity contribution >= 4 is 11.6 Å². The van der Waals surface area contributed by atoms with Crippen molar-refractivity contribution in [1.82, 2.24) is 10.2 Å². The van der Waals surface area contributed by atoms with E-state index in [1.54, 1.807) is 0 Å². The summed E-state index contributed by atoms with van der Waals surface area (Å²) in [6, 6.07) is 7.69. The van der Waals surface area contributed by atoms with E-state index in [1.807, 2.05) is 24.3 Å². The maximum atomic E-state index is 12.0. The predicted octanol–water partition coefficient (Wildman–Crippen LogP) is 1.67. The van der Waals surface area contributed by atoms with Crippen LogP contribution in [0.3, 0.4) is 0 Å². The number of anilines is 1. The van der Waals surface area contributed by atoms with E-state index < -0.39 is 0 Å². The summed E-state index contributed by atoms with van der Waals surface area (Å²) in [4.78, 5) is 14.4. The first-order valence-electron chi connectivity index (χ1n) is 8.48. The molecule has 1 aromatic carbocycles. The van der Waals surface area contributed by atoms with E-state index in [4.69, 9.17) is 10.5 Å². The van der Waals surface area contributed by atoms with Crippen molar-refractivity contribution in [1.29, 1.82) is 0 Å². The first-order chi connectivity index (χ1) is 11.0. The van der Waals surface area contributed by atoms with Crippen molar-refractivity contribution in [3.63, 3.8) is 0 Å². The van der Waals surface area contributed by atoms with Gasteiger partial charge in [0.1, 0.15) is 0 Å². The smallest absolute Gasteiger partial charge is 0.220 e. The fourth-order valence-electron chi connectivity index (χ4n) is 2.91. The standard InChI is InChI=1S/C18H29N3O2/c1-14(2)12-21-9-10-23-16(13-21)11-20-18(22)8-7-15-5-3-4-6-17(15)19/h3-6,14,16H,7-13,19H2,1-2H3,(H,20,22). The Labute approximate surface area is 139 Å². The van der Waals surface area contributed by atoms with E-state index in [2.05, 4.69) is 24.1 Å². The lowest BCUT2D eigenvalue weighted by atomic mass is 10.1. The van der Waals surface area contributed by atoms with Crippen LogP contribution >= 0.6 is 0 Å². The summed E-state index contributed by atoms with van der Waals surface area (Å²) in [5.74, 6) is 0.706. The Morgan fingerprint density at radius 2 is 2.22 bits per heavy atom. The molecule has 23 heavy (non-hydrogen) atoms. The van der Waals surface area contributed by atoms with Gasteiger partial charge < -0.3 is 15.8 Å². The highest BCUT2D eigenvalue weighted by molar-refractivity contribution is 5.76. The molecule has 1 amide bonds. The molecular formula is C18H29N3O2. The number of para-hydroxylation sites is 1. The summed E-state index contributed by atoms with van der Waals surface area (Å²) >= 11 is 0. The second-order valence-corrected chi connectivity index (χ2v) is 6.65. The number of carbonyl (C=O) groups is 1. The van der Waals surface area contributed by atoms with E-state index in [1.165, 1.54) is 0 Å². The van der Waals surface area contributed by atoms with Crippen LogP contribution in [-0.2, 0) is 16.0 Å². The zero-order valence-electron chi connectivity index (χ0n) is 14.3. The van der Waals surface area contributed by atoms with Gasteiger partial charge in [0.15, 0.2) is 0 Å². The minimum absolute atomic E-state index is 0.0536. The second-order valence-electron chi connectivity index (χ2n) is 6.65. The highest BCUT2D eigenvalue weighted by Gasteiger charge is 2.21. The van der Waals surface area contributed by atoms with Gasteiger partial charge in [-0.25, -0.2) is 0 Å². The third-order valence-electron chi connectivity index (χ3n) is 4.05. The number of hydrogen-bond acceptors (Lipinski definition) is 4. The van der Waals surface area contributed by atoms with Crippen molar-refractivity contribution in [3.05, 3.63) is 29.8 Å². The number of ether oxygens (including phenoxy) is 1. The molecule has 5 nitrogen and oxygen atoms in total. The van der Waals surface area contributed by atoms with E-state index in [9.17, 15) is 4.79 Å². The zero-order valence-corrected chi connectivity index (χ0v) is 14.3. The maximum absolute atomic E-state index is 12.0. The Morgan fingerprint density at radius 1 is 1.43 bits per heavy atom. The molecule has 1 aromatic rings. The van der Waals surface area contributed by atoms with Gasteiger partial charge in [0, 0.05) is 38.3 Å². The molecule has 128 valence electrons. The molecule has 1 aliphatic rings. The summed E-state index contributed by atoms with van der Waals surface area (Å²) in [6.45, 7) is 8.73. The van der Waals surface area contributed by atoms with Gasteiger partial charge in [0.05, 0.1) is 12.7 Å². The van der Waals surface area contributed by atoms with E-state index in [0.717, 1.165) is 37.5 Å². The molecule has 1 aliphatic heterocycles. The van der Waals surface area contributed by atoms with Gasteiger partial charge in [0.2, 0.25) is 5.91 Å². The Balaban J connectivity index is 1.69. The van der Waals surface area contributed by atoms with Crippen molar-refractivity contribution in [2.45, 2.75) is 32.8 Å². The van der Waals surface area contributed by atoms with Gasteiger partial charge in [-0.05, 0) is 24.0 Å². The molecule has 1 atom stereocenters. The third-order valence-corrected chi connectivity index (χ3v) is 4.05. The molecule has 0 spiro atoms. The number of benzene rings is 1. The Kier molecular flexibility index (Phi) is 6.86. The molecule has 0 radical (unpaired) electrons. The first kappa shape index (κ1) is 17.8. The molecule has 0 saturated carbocycles. The molecule has 0 aliphatic carbocycles. The van der Waals surface area contributed by atoms with Crippen molar-refractivity contribution in [2.24, 2.45) is 5.92 Å². The molecule has 1 heterocycles. The van der Waals surface area contributed by atoms with Gasteiger partial charge in [-0.15, -0.1) is 0 Å². The van der Waals surface area contributed by atoms with E-state index >= 15 is 0 Å². The molecule has 2 rings (SSSR count). The number of carbonyl (C=O) groups excluding carboxylic acids is 1. The Bertz CT molecular complexity index is 505. The molecule has 1 fully saturated rings. The summed E-state index contributed by atoms with van der Waals surface area (Å²) < 4.78 is 5.75. The normalized spacial score (nSPS) is 19.0. The van der Waals surface area contributed by atoms with Crippen molar-refractivity contribution in [3.8, 4) is 0 Å². The number of rotatable bonds is 7. The average molecular weight is 319 g/mol. The van der Waals surface area contributed by atoms with Crippen molar-refractivity contribution < 1.29 is 9.53 Å². The monoisotopic (exact) mass is 319 g/mol. The van der Waals surface area contributed by atoms with Crippen LogP contribution in [0.5, 0.6) is 0 Å². The lowest BCUT2D eigenvalue weighted by molar-refractivity contribution is -0.122. The fourth-order valence-corrected chi connectivity index (χ4v) is 2.91. The maximum Gasteiger partial charge on any atom is 0.220 e. The summed E-state index contributed by atoms with van der Waals surface area (Å²) in [5, 5.41) is 2.98. The van der Waals surface area contributed by atoms with Crippen LogP contribution in [0.25, 0.3) is 0 Å². The van der Waals surface area contributed by atoms with Gasteiger partial charge in [-0.3, -0.25) is 9.69 Å². The zero-order chi connectivity index (χ0) is 16.7. The number of morpholine rings is 1. The van der Waals surface area contributed by atoms with Gasteiger partial charge >= 0.3 is 0 Å². The number of nitrogens with one attached hydrogen (secondary N) is 1. The number of hydrogen-bond donors (Lipinski definition) is 2. The largest absolute Gasteiger partial charge is 0.399 e. The number of nitrogens with zero attached hydrogens (tertiary/aromatic N) is 1. The van der Waals surface area contributed by atoms with Crippen molar-refractivity contribution in [2.75, 3.05) is 38.5 Å². The minimum Gasteiger partial charge on any atom is -0.399 e. The molecule has 5 heteroatoms. The molecule has 0 bridgehead atoms. The highest BCUT2D eigenvalue weighted by atomic mass is 16.5. The summed E-state index contributed by atoms with van der Waals surface area (Å²) in [5.41, 5.74) is 7.67. The van der Waals surface area contributed by atoms with E-state index in [-0.39, 0.29) is 12.0 Å². The van der Waals surface area contributed by atoms with Crippen LogP contribution in [0.15, 0.2) is 24.3 Å². The van der Waals surface area contributed by atoms with Gasteiger partial charge in [-0.2, -0.15) is 0 Å². The van der Waals surface area contributed by atoms with Crippen LogP contribution < -0.4 is 11.1 Å². The predicted molar refractivity (Wildman–Crippen MR) is 93.2 cm³/mol. The highest BCUT2D eigenvalue weighted by Crippen LogP contribution is 2.12. The SMILES string of the molecule is CC(C)CN1CCOC(CNC(=O)CCc2ccccc2N)C1. The van der Waals surface area contributed by atoms with Crippen LogP contribution in [0, 0.1) is 5.92 Å². The van der Waals surface area contributed by atoms with Crippen LogP contribution in [0.2, 0.25) is 0 Å². The lowest BCUT2D eigenvalue weighted by Crippen LogP contribution is -2.48. The topological polar surface area (TPSA) is 67.6 Å². The molecule has 1 unspecified atom stereocenters. The molecule has 1 saturated heterocycles. The van der Waals surface area contributed by atoms with Gasteiger partial charge in [-0.1, -0.05) is 32.0 Å². The second kappa shape index (κ2) is 8.89. The van der Waals surface area contributed by atoms with Crippen LogP contribution in [-0.4, -0.2) is 49.7 Å². The number of nitrogen functional groups attached to an aromatic ring is 1. The Morgan fingerprint density at radius 3 is 2.96 bits per heavy atom. The third kappa shape index (κ3) is 6.20. The minimum atomic E-state index is 0.0536. The average Bonchev–Trinajstić information content (AvgIpc) is 2.52. The lowest BCUT2D eigenvalue weighted by Gasteiger charge is -2.33. The summed E-state index contributed by atoms with van der Waals surface area (Å²) in [7, 11) is 0. The molecule has 0 aromatic heterocycles. The molecular weight excluding hydrogens is 290 g/mol. The molecule has 3 N–H and O–H groups in total. The summed E-state index contributed by atoms with van der Waals surface area (Å²) in [6.07, 6.45) is 1.22. The fraction of sp³-hybridized carbons (Fsp3) is 0.611. The number of nitrogens with two attached hydrogens (primary N) is 1.